The highest BCUT2D eigenvalue weighted by Gasteiger charge is 2.21. The van der Waals surface area contributed by atoms with Crippen LogP contribution in [0.3, 0.4) is 0 Å². The van der Waals surface area contributed by atoms with Crippen LogP contribution in [0.15, 0.2) is 0 Å². The van der Waals surface area contributed by atoms with Gasteiger partial charge in [-0.2, -0.15) is 0 Å². The largest absolute Gasteiger partial charge is 0.365 e. The van der Waals surface area contributed by atoms with Crippen molar-refractivity contribution in [1.82, 2.24) is 0 Å². The summed E-state index contributed by atoms with van der Waals surface area (Å²) in [4.78, 5) is 0. The molecule has 2 heteroatoms. The van der Waals surface area contributed by atoms with Gasteiger partial charge in [-0.05, 0) is 19.3 Å². The molecule has 0 aliphatic carbocycles. The van der Waals surface area contributed by atoms with Crippen molar-refractivity contribution in [2.24, 2.45) is 0 Å². The minimum Gasteiger partial charge on any atom is -0.365 e. The van der Waals surface area contributed by atoms with Crippen molar-refractivity contribution in [3.05, 3.63) is 0 Å². The van der Waals surface area contributed by atoms with E-state index >= 15 is 0 Å². The van der Waals surface area contributed by atoms with E-state index in [0.717, 1.165) is 6.42 Å². The Hall–Kier alpha value is -0.0800. The van der Waals surface area contributed by atoms with Crippen LogP contribution in [0.1, 0.15) is 59.3 Å². The van der Waals surface area contributed by atoms with Crippen LogP contribution < -0.4 is 0 Å². The lowest BCUT2D eigenvalue weighted by molar-refractivity contribution is -0.207. The molecule has 0 aromatic heterocycles. The van der Waals surface area contributed by atoms with E-state index in [2.05, 4.69) is 6.92 Å². The van der Waals surface area contributed by atoms with Gasteiger partial charge in [-0.25, -0.2) is 0 Å². The van der Waals surface area contributed by atoms with Crippen molar-refractivity contribution in [2.45, 2.75) is 65.1 Å². The van der Waals surface area contributed by atoms with Gasteiger partial charge in [-0.1, -0.05) is 40.0 Å². The number of aliphatic hydroxyl groups is 1. The number of unbranched alkanes of at least 4 members (excludes halogenated alkanes) is 3. The molecule has 0 unspecified atom stereocenters. The Kier molecular flexibility index (Phi) is 7.29. The summed E-state index contributed by atoms with van der Waals surface area (Å²) in [6.07, 6.45) is 6.14. The molecule has 0 bridgehead atoms. The van der Waals surface area contributed by atoms with Gasteiger partial charge in [0.1, 0.15) is 0 Å². The van der Waals surface area contributed by atoms with Crippen LogP contribution >= 0.6 is 0 Å². The predicted octanol–water partition coefficient (Wildman–Crippen LogP) is 3.09. The molecular weight excluding hydrogens is 164 g/mol. The van der Waals surface area contributed by atoms with Crippen LogP contribution in [0.4, 0.5) is 0 Å². The van der Waals surface area contributed by atoms with E-state index in [1.165, 1.54) is 19.3 Å². The third-order valence-corrected chi connectivity index (χ3v) is 2.47. The molecule has 13 heavy (non-hydrogen) atoms. The van der Waals surface area contributed by atoms with E-state index in [4.69, 9.17) is 4.74 Å². The minimum absolute atomic E-state index is 0.678. The maximum Gasteiger partial charge on any atom is 0.164 e. The Balaban J connectivity index is 3.39. The molecule has 0 aromatic rings. The van der Waals surface area contributed by atoms with Crippen molar-refractivity contribution >= 4 is 0 Å². The molecule has 0 saturated heterocycles. The van der Waals surface area contributed by atoms with Crippen molar-refractivity contribution in [3.8, 4) is 0 Å². The molecule has 0 rings (SSSR count). The first-order valence-electron chi connectivity index (χ1n) is 5.54. The Morgan fingerprint density at radius 2 is 1.62 bits per heavy atom. The molecule has 1 N–H and O–H groups in total. The Morgan fingerprint density at radius 1 is 1.00 bits per heavy atom. The van der Waals surface area contributed by atoms with Crippen molar-refractivity contribution in [1.29, 1.82) is 0 Å². The van der Waals surface area contributed by atoms with Crippen molar-refractivity contribution < 1.29 is 9.84 Å². The van der Waals surface area contributed by atoms with Gasteiger partial charge < -0.3 is 9.84 Å². The van der Waals surface area contributed by atoms with Gasteiger partial charge in [0.15, 0.2) is 5.79 Å². The first-order chi connectivity index (χ1) is 6.18. The molecule has 2 nitrogen and oxygen atoms in total. The molecule has 0 spiro atoms. The highest BCUT2D eigenvalue weighted by molar-refractivity contribution is 4.61. The third kappa shape index (κ3) is 6.05. The predicted molar refractivity (Wildman–Crippen MR) is 55.6 cm³/mol. The number of ether oxygens (including phenoxy) is 1. The van der Waals surface area contributed by atoms with Crippen molar-refractivity contribution in [2.75, 3.05) is 6.61 Å². The molecule has 0 aliphatic heterocycles. The molecule has 0 fully saturated rings. The Labute approximate surface area is 82.3 Å². The van der Waals surface area contributed by atoms with Gasteiger partial charge in [-0.15, -0.1) is 0 Å². The van der Waals surface area contributed by atoms with Crippen LogP contribution in [-0.2, 0) is 4.74 Å². The zero-order valence-electron chi connectivity index (χ0n) is 9.31. The number of hydrogen-bond donors (Lipinski definition) is 1. The van der Waals surface area contributed by atoms with Gasteiger partial charge in [0.2, 0.25) is 0 Å². The van der Waals surface area contributed by atoms with Crippen LogP contribution in [0.5, 0.6) is 0 Å². The number of rotatable bonds is 8. The number of hydrogen-bond acceptors (Lipinski definition) is 2. The Morgan fingerprint density at radius 3 is 2.08 bits per heavy atom. The van der Waals surface area contributed by atoms with Crippen LogP contribution in [0, 0.1) is 0 Å². The second-order valence-corrected chi connectivity index (χ2v) is 3.56. The van der Waals surface area contributed by atoms with E-state index in [0.29, 0.717) is 19.4 Å². The summed E-state index contributed by atoms with van der Waals surface area (Å²) in [5.74, 6) is -0.869. The summed E-state index contributed by atoms with van der Waals surface area (Å²) >= 11 is 0. The average Bonchev–Trinajstić information content (AvgIpc) is 2.17. The SMILES string of the molecule is CCCCCCOC(O)(CC)CC. The molecule has 0 amide bonds. The van der Waals surface area contributed by atoms with E-state index in [1.807, 2.05) is 13.8 Å². The lowest BCUT2D eigenvalue weighted by atomic mass is 10.1. The van der Waals surface area contributed by atoms with Crippen LogP contribution in [-0.4, -0.2) is 17.5 Å². The third-order valence-electron chi connectivity index (χ3n) is 2.47. The lowest BCUT2D eigenvalue weighted by Gasteiger charge is -2.25. The van der Waals surface area contributed by atoms with E-state index in [1.54, 1.807) is 0 Å². The monoisotopic (exact) mass is 188 g/mol. The van der Waals surface area contributed by atoms with Gasteiger partial charge in [-0.3, -0.25) is 0 Å². The maximum atomic E-state index is 9.76. The van der Waals surface area contributed by atoms with E-state index in [-0.39, 0.29) is 0 Å². The quantitative estimate of drug-likeness (QED) is 0.468. The zero-order chi connectivity index (χ0) is 10.2. The summed E-state index contributed by atoms with van der Waals surface area (Å²) in [6.45, 7) is 6.79. The highest BCUT2D eigenvalue weighted by Crippen LogP contribution is 2.16. The van der Waals surface area contributed by atoms with Gasteiger partial charge in [0.05, 0.1) is 6.61 Å². The molecule has 0 heterocycles. The average molecular weight is 188 g/mol. The first kappa shape index (κ1) is 12.9. The second-order valence-electron chi connectivity index (χ2n) is 3.56. The van der Waals surface area contributed by atoms with Gasteiger partial charge >= 0.3 is 0 Å². The second kappa shape index (κ2) is 7.34. The topological polar surface area (TPSA) is 29.5 Å². The normalized spacial score (nSPS) is 12.0. The Bertz CT molecular complexity index is 109. The molecule has 0 radical (unpaired) electrons. The highest BCUT2D eigenvalue weighted by atomic mass is 16.6. The fourth-order valence-electron chi connectivity index (χ4n) is 1.25. The summed E-state index contributed by atoms with van der Waals surface area (Å²) in [5.41, 5.74) is 0. The lowest BCUT2D eigenvalue weighted by Crippen LogP contribution is -2.30. The molecule has 0 saturated carbocycles. The molecule has 0 atom stereocenters. The summed E-state index contributed by atoms with van der Waals surface area (Å²) in [7, 11) is 0. The van der Waals surface area contributed by atoms with E-state index < -0.39 is 5.79 Å². The first-order valence-corrected chi connectivity index (χ1v) is 5.54. The fourth-order valence-corrected chi connectivity index (χ4v) is 1.25. The summed E-state index contributed by atoms with van der Waals surface area (Å²) < 4.78 is 5.43. The zero-order valence-corrected chi connectivity index (χ0v) is 9.31. The summed E-state index contributed by atoms with van der Waals surface area (Å²) in [5, 5.41) is 9.76. The fraction of sp³-hybridized carbons (Fsp3) is 1.00. The summed E-state index contributed by atoms with van der Waals surface area (Å²) in [6, 6.07) is 0. The van der Waals surface area contributed by atoms with Gasteiger partial charge in [0.25, 0.3) is 0 Å². The smallest absolute Gasteiger partial charge is 0.164 e. The van der Waals surface area contributed by atoms with Crippen LogP contribution in [0.25, 0.3) is 0 Å². The maximum absolute atomic E-state index is 9.76. The molecule has 0 aliphatic rings. The molecule has 80 valence electrons. The van der Waals surface area contributed by atoms with Crippen molar-refractivity contribution in [3.63, 3.8) is 0 Å². The minimum atomic E-state index is -0.869. The van der Waals surface area contributed by atoms with Gasteiger partial charge in [0, 0.05) is 0 Å². The molecule has 0 aromatic carbocycles. The van der Waals surface area contributed by atoms with Crippen LogP contribution in [0.2, 0.25) is 0 Å². The standard InChI is InChI=1S/C11H24O2/c1-4-7-8-9-10-13-11(12,5-2)6-3/h12H,4-10H2,1-3H3. The van der Waals surface area contributed by atoms with E-state index in [9.17, 15) is 5.11 Å². The molecular formula is C11H24O2.